The molecule has 0 radical (unpaired) electrons. The molecule has 1 aromatic carbocycles. The Morgan fingerprint density at radius 1 is 1.53 bits per heavy atom. The highest BCUT2D eigenvalue weighted by Gasteiger charge is 2.31. The van der Waals surface area contributed by atoms with E-state index in [-0.39, 0.29) is 5.54 Å². The van der Waals surface area contributed by atoms with Crippen molar-refractivity contribution in [2.24, 2.45) is 0 Å². The van der Waals surface area contributed by atoms with Gasteiger partial charge in [0.2, 0.25) is 0 Å². The first kappa shape index (κ1) is 11.1. The van der Waals surface area contributed by atoms with Gasteiger partial charge in [0.15, 0.2) is 0 Å². The summed E-state index contributed by atoms with van der Waals surface area (Å²) < 4.78 is 6.82. The molecule has 1 aliphatic rings. The fourth-order valence-corrected chi connectivity index (χ4v) is 2.20. The molecule has 0 aromatic heterocycles. The summed E-state index contributed by atoms with van der Waals surface area (Å²) in [6, 6.07) is 8.38. The number of nitrogens with one attached hydrogen (secondary N) is 1. The van der Waals surface area contributed by atoms with Crippen LogP contribution in [-0.4, -0.2) is 19.3 Å². The van der Waals surface area contributed by atoms with E-state index in [1.54, 1.807) is 0 Å². The van der Waals surface area contributed by atoms with E-state index < -0.39 is 0 Å². The van der Waals surface area contributed by atoms with Gasteiger partial charge in [0.25, 0.3) is 0 Å². The Kier molecular flexibility index (Phi) is 3.14. The van der Waals surface area contributed by atoms with Crippen LogP contribution in [0.1, 0.15) is 19.4 Å². The highest BCUT2D eigenvalue weighted by Crippen LogP contribution is 2.26. The summed E-state index contributed by atoms with van der Waals surface area (Å²) in [6.07, 6.45) is 0.310. The van der Waals surface area contributed by atoms with Crippen molar-refractivity contribution >= 4 is 15.9 Å². The highest BCUT2D eigenvalue weighted by atomic mass is 79.9. The minimum absolute atomic E-state index is 0.0592. The van der Waals surface area contributed by atoms with E-state index in [1.165, 1.54) is 5.56 Å². The van der Waals surface area contributed by atoms with Gasteiger partial charge in [-0.05, 0) is 31.5 Å². The van der Waals surface area contributed by atoms with Crippen molar-refractivity contribution in [3.05, 3.63) is 34.3 Å². The molecule has 82 valence electrons. The molecule has 1 heterocycles. The van der Waals surface area contributed by atoms with E-state index >= 15 is 0 Å². The number of hydrogen-bond acceptors (Lipinski definition) is 2. The van der Waals surface area contributed by atoms with E-state index in [9.17, 15) is 0 Å². The SMILES string of the molecule is CC1CNC(C)(c2cccc(Br)c2)CO1. The maximum absolute atomic E-state index is 5.71. The van der Waals surface area contributed by atoms with Crippen LogP contribution in [0.2, 0.25) is 0 Å². The van der Waals surface area contributed by atoms with Crippen molar-refractivity contribution in [3.63, 3.8) is 0 Å². The van der Waals surface area contributed by atoms with E-state index in [0.29, 0.717) is 6.10 Å². The van der Waals surface area contributed by atoms with Crippen molar-refractivity contribution in [2.45, 2.75) is 25.5 Å². The zero-order valence-corrected chi connectivity index (χ0v) is 10.7. The molecule has 0 bridgehead atoms. The summed E-state index contributed by atoms with van der Waals surface area (Å²) in [4.78, 5) is 0. The molecule has 2 nitrogen and oxygen atoms in total. The van der Waals surface area contributed by atoms with Crippen LogP contribution in [0.4, 0.5) is 0 Å². The quantitative estimate of drug-likeness (QED) is 0.847. The lowest BCUT2D eigenvalue weighted by Crippen LogP contribution is -2.52. The van der Waals surface area contributed by atoms with E-state index in [0.717, 1.165) is 17.6 Å². The van der Waals surface area contributed by atoms with Crippen LogP contribution in [0.15, 0.2) is 28.7 Å². The Hall–Kier alpha value is -0.380. The fraction of sp³-hybridized carbons (Fsp3) is 0.500. The van der Waals surface area contributed by atoms with Crippen molar-refractivity contribution in [2.75, 3.05) is 13.2 Å². The maximum Gasteiger partial charge on any atom is 0.0691 e. The van der Waals surface area contributed by atoms with Crippen LogP contribution in [0.5, 0.6) is 0 Å². The predicted octanol–water partition coefficient (Wildman–Crippen LogP) is 2.67. The molecule has 2 atom stereocenters. The van der Waals surface area contributed by atoms with Gasteiger partial charge < -0.3 is 10.1 Å². The number of benzene rings is 1. The number of ether oxygens (including phenoxy) is 1. The van der Waals surface area contributed by atoms with Crippen LogP contribution >= 0.6 is 15.9 Å². The highest BCUT2D eigenvalue weighted by molar-refractivity contribution is 9.10. The Balaban J connectivity index is 2.22. The molecule has 0 aliphatic carbocycles. The first-order valence-electron chi connectivity index (χ1n) is 5.23. The molecule has 1 fully saturated rings. The third-order valence-electron chi connectivity index (χ3n) is 2.90. The lowest BCUT2D eigenvalue weighted by molar-refractivity contribution is -0.0195. The van der Waals surface area contributed by atoms with Gasteiger partial charge in [-0.3, -0.25) is 0 Å². The Labute approximate surface area is 99.1 Å². The van der Waals surface area contributed by atoms with Gasteiger partial charge in [-0.2, -0.15) is 0 Å². The second-order valence-electron chi connectivity index (χ2n) is 4.34. The summed E-state index contributed by atoms with van der Waals surface area (Å²) in [5.74, 6) is 0. The molecule has 1 aromatic rings. The van der Waals surface area contributed by atoms with E-state index in [2.05, 4.69) is 53.3 Å². The predicted molar refractivity (Wildman–Crippen MR) is 64.9 cm³/mol. The molecule has 1 aliphatic heterocycles. The normalized spacial score (nSPS) is 31.5. The number of hydrogen-bond donors (Lipinski definition) is 1. The second-order valence-corrected chi connectivity index (χ2v) is 5.26. The summed E-state index contributed by atoms with van der Waals surface area (Å²) in [7, 11) is 0. The Bertz CT molecular complexity index is 345. The van der Waals surface area contributed by atoms with Gasteiger partial charge >= 0.3 is 0 Å². The molecule has 2 unspecified atom stereocenters. The van der Waals surface area contributed by atoms with Crippen LogP contribution < -0.4 is 5.32 Å². The molecular formula is C12H16BrNO. The Morgan fingerprint density at radius 3 is 2.93 bits per heavy atom. The van der Waals surface area contributed by atoms with Crippen LogP contribution in [0.3, 0.4) is 0 Å². The zero-order chi connectivity index (χ0) is 10.9. The van der Waals surface area contributed by atoms with Gasteiger partial charge in [0.05, 0.1) is 18.2 Å². The average Bonchev–Trinajstić information content (AvgIpc) is 2.23. The number of morpholine rings is 1. The summed E-state index contributed by atoms with van der Waals surface area (Å²) in [5.41, 5.74) is 1.21. The third kappa shape index (κ3) is 2.41. The van der Waals surface area contributed by atoms with Crippen molar-refractivity contribution in [1.82, 2.24) is 5.32 Å². The average molecular weight is 270 g/mol. The number of halogens is 1. The van der Waals surface area contributed by atoms with E-state index in [4.69, 9.17) is 4.74 Å². The molecular weight excluding hydrogens is 254 g/mol. The van der Waals surface area contributed by atoms with Gasteiger partial charge in [0.1, 0.15) is 0 Å². The van der Waals surface area contributed by atoms with E-state index in [1.807, 2.05) is 6.07 Å². The largest absolute Gasteiger partial charge is 0.375 e. The molecule has 1 saturated heterocycles. The molecule has 15 heavy (non-hydrogen) atoms. The molecule has 1 N–H and O–H groups in total. The van der Waals surface area contributed by atoms with Crippen LogP contribution in [-0.2, 0) is 10.3 Å². The minimum atomic E-state index is -0.0592. The van der Waals surface area contributed by atoms with Crippen molar-refractivity contribution in [1.29, 1.82) is 0 Å². The van der Waals surface area contributed by atoms with Gasteiger partial charge in [-0.25, -0.2) is 0 Å². The summed E-state index contributed by atoms with van der Waals surface area (Å²) in [6.45, 7) is 5.90. The first-order valence-corrected chi connectivity index (χ1v) is 6.02. The molecule has 2 rings (SSSR count). The standard InChI is InChI=1S/C12H16BrNO/c1-9-7-14-12(2,8-15-9)10-4-3-5-11(13)6-10/h3-6,9,14H,7-8H2,1-2H3. The van der Waals surface area contributed by atoms with Crippen LogP contribution in [0, 0.1) is 0 Å². The van der Waals surface area contributed by atoms with Crippen molar-refractivity contribution < 1.29 is 4.74 Å². The second kappa shape index (κ2) is 4.24. The maximum atomic E-state index is 5.71. The lowest BCUT2D eigenvalue weighted by atomic mass is 9.91. The summed E-state index contributed by atoms with van der Waals surface area (Å²) >= 11 is 3.50. The smallest absolute Gasteiger partial charge is 0.0691 e. The van der Waals surface area contributed by atoms with Gasteiger partial charge in [-0.1, -0.05) is 28.1 Å². The first-order chi connectivity index (χ1) is 7.10. The zero-order valence-electron chi connectivity index (χ0n) is 9.09. The van der Waals surface area contributed by atoms with Crippen molar-refractivity contribution in [3.8, 4) is 0 Å². The Morgan fingerprint density at radius 2 is 2.33 bits per heavy atom. The molecule has 3 heteroatoms. The van der Waals surface area contributed by atoms with Crippen LogP contribution in [0.25, 0.3) is 0 Å². The molecule has 0 amide bonds. The number of rotatable bonds is 1. The minimum Gasteiger partial charge on any atom is -0.375 e. The topological polar surface area (TPSA) is 21.3 Å². The fourth-order valence-electron chi connectivity index (χ4n) is 1.80. The third-order valence-corrected chi connectivity index (χ3v) is 3.39. The summed E-state index contributed by atoms with van der Waals surface area (Å²) in [5, 5.41) is 3.54. The van der Waals surface area contributed by atoms with Gasteiger partial charge in [0, 0.05) is 11.0 Å². The molecule has 0 saturated carbocycles. The molecule has 0 spiro atoms. The lowest BCUT2D eigenvalue weighted by Gasteiger charge is -2.38. The monoisotopic (exact) mass is 269 g/mol. The van der Waals surface area contributed by atoms with Gasteiger partial charge in [-0.15, -0.1) is 0 Å².